The number of amides is 3. The van der Waals surface area contributed by atoms with Gasteiger partial charge in [0, 0.05) is 66.5 Å². The van der Waals surface area contributed by atoms with E-state index in [0.29, 0.717) is 38.0 Å². The molecule has 2 saturated heterocycles. The molecule has 0 radical (unpaired) electrons. The van der Waals surface area contributed by atoms with Crippen LogP contribution in [-0.4, -0.2) is 83.6 Å². The zero-order valence-corrected chi connectivity index (χ0v) is 37.1. The monoisotopic (exact) mass is 843 g/mol. The summed E-state index contributed by atoms with van der Waals surface area (Å²) < 4.78 is 30.0. The highest BCUT2D eigenvalue weighted by Crippen LogP contribution is 2.88. The molecule has 1 aromatic carbocycles. The number of nitrogens with zero attached hydrogens (tertiary/aromatic N) is 2. The molecule has 8 rings (SSSR count). The van der Waals surface area contributed by atoms with Crippen molar-refractivity contribution in [2.75, 3.05) is 19.6 Å². The number of benzene rings is 1. The van der Waals surface area contributed by atoms with Crippen molar-refractivity contribution in [3.8, 4) is 0 Å². The highest BCUT2D eigenvalue weighted by molar-refractivity contribution is 7.87. The standard InChI is InChI=1S/C47H65N5O7S/c1-7-33-26-45(33,42(57)50-60(58,59)51-22-11-12-23-51)28-38(54)36-27-47(44(5,6)46(47)19-13-20-46)29-52(36)41(56)34(43(2,3)4)25-37(53)39(30-14-9-8-10-15-30)49-40(55)32-16-17-35-31(24-32)18-21-48-35/h7,16-18,21,24,30,33-34,36,39,48H,1,8-15,19-20,22-23,25-29H2,2-6H3,(H,49,55)(H,50,57)/t33-,34-,36+,39+,45-,47-/m1/s1. The molecule has 6 aliphatic rings. The minimum atomic E-state index is -4.07. The number of Topliss-reactive ketones (excluding diaryl/α,β-unsaturated/α-hetero) is 2. The second-order valence-electron chi connectivity index (χ2n) is 20.9. The molecule has 0 bridgehead atoms. The number of ketones is 2. The number of fused-ring (bicyclic) bond motifs is 2. The van der Waals surface area contributed by atoms with Crippen molar-refractivity contribution in [1.29, 1.82) is 0 Å². The molecule has 13 heteroatoms. The van der Waals surface area contributed by atoms with E-state index in [1.54, 1.807) is 17.0 Å². The van der Waals surface area contributed by atoms with Crippen LogP contribution in [0.4, 0.5) is 0 Å². The van der Waals surface area contributed by atoms with Gasteiger partial charge in [-0.2, -0.15) is 12.7 Å². The lowest BCUT2D eigenvalue weighted by Crippen LogP contribution is -2.51. The minimum Gasteiger partial charge on any atom is -0.361 e. The van der Waals surface area contributed by atoms with Crippen molar-refractivity contribution in [2.45, 2.75) is 137 Å². The molecule has 2 spiro atoms. The second kappa shape index (κ2) is 15.2. The molecule has 4 aliphatic carbocycles. The predicted octanol–water partition coefficient (Wildman–Crippen LogP) is 6.87. The van der Waals surface area contributed by atoms with Crippen LogP contribution < -0.4 is 10.0 Å². The van der Waals surface area contributed by atoms with E-state index in [4.69, 9.17) is 0 Å². The molecule has 3 heterocycles. The van der Waals surface area contributed by atoms with Crippen LogP contribution in [0.15, 0.2) is 43.1 Å². The number of carbonyl (C=O) groups is 5. The molecule has 2 aliphatic heterocycles. The number of nitrogens with one attached hydrogen (secondary N) is 3. The highest BCUT2D eigenvalue weighted by atomic mass is 32.2. The summed E-state index contributed by atoms with van der Waals surface area (Å²) in [7, 11) is -4.07. The van der Waals surface area contributed by atoms with Crippen molar-refractivity contribution in [2.24, 2.45) is 44.8 Å². The molecule has 2 aromatic rings. The van der Waals surface area contributed by atoms with E-state index in [2.05, 4.69) is 35.4 Å². The van der Waals surface area contributed by atoms with E-state index in [1.807, 2.05) is 45.2 Å². The number of carbonyl (C=O) groups excluding carboxylic acids is 5. The summed E-state index contributed by atoms with van der Waals surface area (Å²) in [5.41, 5.74) is -0.926. The number of rotatable bonds is 14. The van der Waals surface area contributed by atoms with Gasteiger partial charge in [-0.15, -0.1) is 6.58 Å². The van der Waals surface area contributed by atoms with Crippen LogP contribution in [0.3, 0.4) is 0 Å². The Morgan fingerprint density at radius 1 is 0.950 bits per heavy atom. The quantitative estimate of drug-likeness (QED) is 0.175. The van der Waals surface area contributed by atoms with Gasteiger partial charge in [-0.25, -0.2) is 4.72 Å². The normalized spacial score (nSPS) is 29.5. The first-order chi connectivity index (χ1) is 28.3. The number of allylic oxidation sites excluding steroid dienone is 1. The number of H-pyrrole nitrogens is 1. The SMILES string of the molecule is C=C[C@@H]1C[C@]1(CC(=O)[C@@H]1C[C@@]2(CN1C(=O)[C@@H](CC(=O)[C@@H](NC(=O)c1ccc3[nH]ccc3c1)C1CCCCC1)C(C)(C)C)C(C)(C)C21CCC1)C(=O)NS(=O)(=O)N1CCCC1. The maximum atomic E-state index is 15.3. The molecule has 3 amide bonds. The van der Waals surface area contributed by atoms with Crippen LogP contribution in [0.1, 0.15) is 135 Å². The van der Waals surface area contributed by atoms with E-state index < -0.39 is 44.9 Å². The molecule has 3 N–H and O–H groups in total. The molecule has 12 nitrogen and oxygen atoms in total. The topological polar surface area (TPSA) is 166 Å². The Morgan fingerprint density at radius 2 is 1.65 bits per heavy atom. The largest absolute Gasteiger partial charge is 0.361 e. The number of hydrogen-bond donors (Lipinski definition) is 3. The average Bonchev–Trinajstić information content (AvgIpc) is 3.60. The fraction of sp³-hybridized carbons (Fsp3) is 0.681. The van der Waals surface area contributed by atoms with Crippen LogP contribution in [0.2, 0.25) is 0 Å². The molecule has 60 heavy (non-hydrogen) atoms. The van der Waals surface area contributed by atoms with Crippen molar-refractivity contribution in [3.05, 3.63) is 48.7 Å². The molecular weight excluding hydrogens is 779 g/mol. The molecule has 6 atom stereocenters. The summed E-state index contributed by atoms with van der Waals surface area (Å²) in [4.78, 5) is 77.7. The Labute approximate surface area is 355 Å². The van der Waals surface area contributed by atoms with Crippen molar-refractivity contribution in [1.82, 2.24) is 24.2 Å². The van der Waals surface area contributed by atoms with Crippen LogP contribution in [0.5, 0.6) is 0 Å². The van der Waals surface area contributed by atoms with E-state index in [9.17, 15) is 27.6 Å². The van der Waals surface area contributed by atoms with Gasteiger partial charge in [0.25, 0.3) is 5.91 Å². The number of aromatic amines is 1. The van der Waals surface area contributed by atoms with Gasteiger partial charge in [-0.1, -0.05) is 66.4 Å². The summed E-state index contributed by atoms with van der Waals surface area (Å²) >= 11 is 0. The zero-order valence-electron chi connectivity index (χ0n) is 36.2. The lowest BCUT2D eigenvalue weighted by atomic mass is 9.73. The average molecular weight is 844 g/mol. The molecule has 0 unspecified atom stereocenters. The van der Waals surface area contributed by atoms with E-state index in [1.165, 1.54) is 4.31 Å². The minimum absolute atomic E-state index is 0.0163. The Bertz CT molecular complexity index is 2190. The summed E-state index contributed by atoms with van der Waals surface area (Å²) in [5, 5.41) is 4.03. The van der Waals surface area contributed by atoms with Gasteiger partial charge in [-0.3, -0.25) is 24.0 Å². The van der Waals surface area contributed by atoms with Crippen molar-refractivity contribution >= 4 is 50.4 Å². The van der Waals surface area contributed by atoms with Gasteiger partial charge in [-0.05, 0) is 104 Å². The van der Waals surface area contributed by atoms with Crippen LogP contribution >= 0.6 is 0 Å². The van der Waals surface area contributed by atoms with E-state index >= 15 is 4.79 Å². The highest BCUT2D eigenvalue weighted by Gasteiger charge is 2.85. The third kappa shape index (κ3) is 6.97. The van der Waals surface area contributed by atoms with E-state index in [-0.39, 0.29) is 64.3 Å². The van der Waals surface area contributed by atoms with Gasteiger partial charge in [0.15, 0.2) is 11.6 Å². The summed E-state index contributed by atoms with van der Waals surface area (Å²) in [6, 6.07) is 5.75. The predicted molar refractivity (Wildman–Crippen MR) is 230 cm³/mol. The first kappa shape index (κ1) is 42.8. The first-order valence-corrected chi connectivity index (χ1v) is 23.9. The van der Waals surface area contributed by atoms with Gasteiger partial charge >= 0.3 is 10.2 Å². The lowest BCUT2D eigenvalue weighted by Gasteiger charge is -2.37. The van der Waals surface area contributed by atoms with Crippen molar-refractivity contribution in [3.63, 3.8) is 0 Å². The Kier molecular flexibility index (Phi) is 10.9. The maximum absolute atomic E-state index is 15.3. The molecule has 4 saturated carbocycles. The second-order valence-corrected chi connectivity index (χ2v) is 22.6. The third-order valence-electron chi connectivity index (χ3n) is 16.8. The van der Waals surface area contributed by atoms with E-state index in [0.717, 1.165) is 75.1 Å². The molecular formula is C47H65N5O7S. The Balaban J connectivity index is 1.06. The van der Waals surface area contributed by atoms with Crippen LogP contribution in [-0.2, 0) is 29.4 Å². The fourth-order valence-corrected chi connectivity index (χ4v) is 13.9. The number of aromatic nitrogens is 1. The van der Waals surface area contributed by atoms with Gasteiger partial charge in [0.1, 0.15) is 0 Å². The number of likely N-dealkylation sites (tertiary alicyclic amines) is 1. The molecule has 6 fully saturated rings. The van der Waals surface area contributed by atoms with Crippen LogP contribution in [0, 0.1) is 44.8 Å². The van der Waals surface area contributed by atoms with Gasteiger partial charge < -0.3 is 15.2 Å². The number of hydrogen-bond acceptors (Lipinski definition) is 7. The summed E-state index contributed by atoms with van der Waals surface area (Å²) in [5.74, 6) is -2.89. The fourth-order valence-electron chi connectivity index (χ4n) is 12.6. The van der Waals surface area contributed by atoms with Gasteiger partial charge in [0.05, 0.1) is 17.5 Å². The maximum Gasteiger partial charge on any atom is 0.303 e. The Morgan fingerprint density at radius 3 is 2.25 bits per heavy atom. The lowest BCUT2D eigenvalue weighted by molar-refractivity contribution is -0.146. The zero-order chi connectivity index (χ0) is 43.0. The smallest absolute Gasteiger partial charge is 0.303 e. The Hall–Kier alpha value is -3.84. The molecule has 326 valence electrons. The van der Waals surface area contributed by atoms with Crippen LogP contribution in [0.25, 0.3) is 10.9 Å². The first-order valence-electron chi connectivity index (χ1n) is 22.5. The summed E-state index contributed by atoms with van der Waals surface area (Å²) in [6.07, 6.45) is 13.2. The molecule has 1 aromatic heterocycles. The summed E-state index contributed by atoms with van der Waals surface area (Å²) in [6.45, 7) is 15.4. The third-order valence-corrected chi connectivity index (χ3v) is 18.3. The van der Waals surface area contributed by atoms with Crippen molar-refractivity contribution < 1.29 is 32.4 Å². The van der Waals surface area contributed by atoms with Gasteiger partial charge in [0.2, 0.25) is 11.8 Å².